The van der Waals surface area contributed by atoms with Crippen molar-refractivity contribution in [3.63, 3.8) is 0 Å². The Morgan fingerprint density at radius 1 is 1.62 bits per heavy atom. The third kappa shape index (κ3) is 2.50. The number of nitrogens with zero attached hydrogens (tertiary/aromatic N) is 3. The standard InChI is InChI=1S/C8H7BrN4O2S/c9-4-2-10-13-8(4)5-1-6(12-11-5)16-3-7(14)15/h2H,1,3H2,(H,10,13)(H,14,15). The van der Waals surface area contributed by atoms with Crippen molar-refractivity contribution in [3.8, 4) is 0 Å². The number of hydrogen-bond donors (Lipinski definition) is 2. The summed E-state index contributed by atoms with van der Waals surface area (Å²) >= 11 is 4.52. The minimum atomic E-state index is -0.858. The Hall–Kier alpha value is -1.15. The average Bonchev–Trinajstić information content (AvgIpc) is 2.83. The van der Waals surface area contributed by atoms with E-state index in [1.165, 1.54) is 11.8 Å². The number of carboxylic acids is 1. The molecule has 0 aliphatic carbocycles. The maximum atomic E-state index is 10.4. The van der Waals surface area contributed by atoms with Crippen LogP contribution in [0.15, 0.2) is 20.9 Å². The van der Waals surface area contributed by atoms with E-state index in [4.69, 9.17) is 5.11 Å². The van der Waals surface area contributed by atoms with Crippen LogP contribution >= 0.6 is 27.7 Å². The summed E-state index contributed by atoms with van der Waals surface area (Å²) in [5.41, 5.74) is 1.55. The van der Waals surface area contributed by atoms with Crippen molar-refractivity contribution in [3.05, 3.63) is 16.4 Å². The molecule has 2 heterocycles. The van der Waals surface area contributed by atoms with Crippen molar-refractivity contribution >= 4 is 44.4 Å². The van der Waals surface area contributed by atoms with Crippen LogP contribution in [0.2, 0.25) is 0 Å². The number of aliphatic carboxylic acids is 1. The zero-order chi connectivity index (χ0) is 11.5. The Kier molecular flexibility index (Phi) is 3.39. The topological polar surface area (TPSA) is 90.7 Å². The van der Waals surface area contributed by atoms with Crippen molar-refractivity contribution in [1.29, 1.82) is 0 Å². The molecule has 0 fully saturated rings. The number of hydrogen-bond acceptors (Lipinski definition) is 5. The Bertz CT molecular complexity index is 482. The Morgan fingerprint density at radius 2 is 2.44 bits per heavy atom. The van der Waals surface area contributed by atoms with Crippen LogP contribution in [0.5, 0.6) is 0 Å². The van der Waals surface area contributed by atoms with Crippen LogP contribution in [0.1, 0.15) is 12.1 Å². The quantitative estimate of drug-likeness (QED) is 0.885. The molecule has 0 amide bonds. The molecule has 2 N–H and O–H groups in total. The minimum Gasteiger partial charge on any atom is -0.481 e. The van der Waals surface area contributed by atoms with Gasteiger partial charge >= 0.3 is 5.97 Å². The molecule has 0 saturated heterocycles. The van der Waals surface area contributed by atoms with Crippen LogP contribution in [0.4, 0.5) is 0 Å². The number of rotatable bonds is 3. The number of thioether (sulfide) groups is 1. The fourth-order valence-electron chi connectivity index (χ4n) is 1.17. The first kappa shape index (κ1) is 11.3. The molecular formula is C8H7BrN4O2S. The SMILES string of the molecule is O=C(O)CSC1=NN=C(c2[nH]ncc2Br)C1. The molecule has 16 heavy (non-hydrogen) atoms. The van der Waals surface area contributed by atoms with Gasteiger partial charge in [0.05, 0.1) is 27.8 Å². The summed E-state index contributed by atoms with van der Waals surface area (Å²) < 4.78 is 0.825. The van der Waals surface area contributed by atoms with Crippen molar-refractivity contribution in [2.45, 2.75) is 6.42 Å². The van der Waals surface area contributed by atoms with E-state index in [1.807, 2.05) is 0 Å². The Labute approximate surface area is 103 Å². The van der Waals surface area contributed by atoms with E-state index in [2.05, 4.69) is 36.3 Å². The highest BCUT2D eigenvalue weighted by atomic mass is 79.9. The highest BCUT2D eigenvalue weighted by molar-refractivity contribution is 9.10. The van der Waals surface area contributed by atoms with E-state index in [-0.39, 0.29) is 5.75 Å². The minimum absolute atomic E-state index is 0.00573. The predicted molar refractivity (Wildman–Crippen MR) is 65.0 cm³/mol. The first-order chi connectivity index (χ1) is 7.66. The number of aromatic nitrogens is 2. The van der Waals surface area contributed by atoms with Crippen LogP contribution in [-0.4, -0.2) is 37.8 Å². The third-order valence-electron chi connectivity index (χ3n) is 1.84. The normalized spacial score (nSPS) is 14.8. The van der Waals surface area contributed by atoms with Crippen molar-refractivity contribution in [2.75, 3.05) is 5.75 Å². The first-order valence-corrected chi connectivity index (χ1v) is 6.12. The van der Waals surface area contributed by atoms with Crippen LogP contribution in [0.25, 0.3) is 0 Å². The van der Waals surface area contributed by atoms with Gasteiger partial charge in [0.25, 0.3) is 0 Å². The molecule has 0 aromatic carbocycles. The number of aromatic amines is 1. The molecule has 84 valence electrons. The van der Waals surface area contributed by atoms with Crippen molar-refractivity contribution in [1.82, 2.24) is 10.2 Å². The van der Waals surface area contributed by atoms with Gasteiger partial charge in [-0.05, 0) is 15.9 Å². The lowest BCUT2D eigenvalue weighted by atomic mass is 10.2. The highest BCUT2D eigenvalue weighted by Gasteiger charge is 2.18. The first-order valence-electron chi connectivity index (χ1n) is 4.34. The fraction of sp³-hybridized carbons (Fsp3) is 0.250. The van der Waals surface area contributed by atoms with Crippen LogP contribution < -0.4 is 0 Å². The molecule has 0 radical (unpaired) electrons. The van der Waals surface area contributed by atoms with Crippen LogP contribution in [0.3, 0.4) is 0 Å². The summed E-state index contributed by atoms with van der Waals surface area (Å²) in [6.45, 7) is 0. The van der Waals surface area contributed by atoms with E-state index in [0.29, 0.717) is 11.5 Å². The van der Waals surface area contributed by atoms with Crippen LogP contribution in [-0.2, 0) is 4.79 Å². The van der Waals surface area contributed by atoms with Gasteiger partial charge in [0, 0.05) is 6.42 Å². The number of carbonyl (C=O) groups is 1. The second-order valence-corrected chi connectivity index (χ2v) is 4.90. The molecule has 6 nitrogen and oxygen atoms in total. The molecule has 0 atom stereocenters. The lowest BCUT2D eigenvalue weighted by Gasteiger charge is -1.97. The summed E-state index contributed by atoms with van der Waals surface area (Å²) in [6.07, 6.45) is 2.18. The molecule has 1 aromatic heterocycles. The van der Waals surface area contributed by atoms with Gasteiger partial charge in [-0.3, -0.25) is 9.89 Å². The lowest BCUT2D eigenvalue weighted by molar-refractivity contribution is -0.133. The number of nitrogens with one attached hydrogen (secondary N) is 1. The largest absolute Gasteiger partial charge is 0.481 e. The maximum absolute atomic E-state index is 10.4. The van der Waals surface area contributed by atoms with Gasteiger partial charge in [0.2, 0.25) is 0 Å². The van der Waals surface area contributed by atoms with E-state index < -0.39 is 5.97 Å². The zero-order valence-electron chi connectivity index (χ0n) is 7.97. The van der Waals surface area contributed by atoms with Crippen molar-refractivity contribution in [2.24, 2.45) is 10.2 Å². The molecule has 1 aliphatic heterocycles. The average molecular weight is 303 g/mol. The zero-order valence-corrected chi connectivity index (χ0v) is 10.4. The summed E-state index contributed by atoms with van der Waals surface area (Å²) in [7, 11) is 0. The molecule has 0 saturated carbocycles. The van der Waals surface area contributed by atoms with Crippen molar-refractivity contribution < 1.29 is 9.90 Å². The molecule has 0 bridgehead atoms. The molecule has 0 spiro atoms. The van der Waals surface area contributed by atoms with Gasteiger partial charge in [-0.1, -0.05) is 11.8 Å². The highest BCUT2D eigenvalue weighted by Crippen LogP contribution is 2.21. The summed E-state index contributed by atoms with van der Waals surface area (Å²) in [5.74, 6) is -0.852. The fourth-order valence-corrected chi connectivity index (χ4v) is 2.21. The molecular weight excluding hydrogens is 296 g/mol. The Morgan fingerprint density at radius 3 is 3.06 bits per heavy atom. The lowest BCUT2D eigenvalue weighted by Crippen LogP contribution is -2.06. The smallest absolute Gasteiger partial charge is 0.313 e. The van der Waals surface area contributed by atoms with Gasteiger partial charge < -0.3 is 5.11 Å². The third-order valence-corrected chi connectivity index (χ3v) is 3.40. The summed E-state index contributed by atoms with van der Waals surface area (Å²) in [6, 6.07) is 0. The van der Waals surface area contributed by atoms with Gasteiger partial charge in [0.1, 0.15) is 5.04 Å². The maximum Gasteiger partial charge on any atom is 0.313 e. The van der Waals surface area contributed by atoms with E-state index in [9.17, 15) is 4.79 Å². The van der Waals surface area contributed by atoms with E-state index in [1.54, 1.807) is 6.20 Å². The van der Waals surface area contributed by atoms with Gasteiger partial charge in [-0.15, -0.1) is 5.10 Å². The van der Waals surface area contributed by atoms with Gasteiger partial charge in [0.15, 0.2) is 0 Å². The Balaban J connectivity index is 1.96. The number of carboxylic acid groups (broad SMARTS) is 1. The van der Waals surface area contributed by atoms with E-state index in [0.717, 1.165) is 15.9 Å². The summed E-state index contributed by atoms with van der Waals surface area (Å²) in [5, 5.41) is 23.8. The van der Waals surface area contributed by atoms with Gasteiger partial charge in [-0.2, -0.15) is 10.2 Å². The van der Waals surface area contributed by atoms with E-state index >= 15 is 0 Å². The molecule has 1 aliphatic rings. The number of halogens is 1. The monoisotopic (exact) mass is 302 g/mol. The molecule has 1 aromatic rings. The van der Waals surface area contributed by atoms with Crippen LogP contribution in [0, 0.1) is 0 Å². The summed E-state index contributed by atoms with van der Waals surface area (Å²) in [4.78, 5) is 10.4. The molecule has 8 heteroatoms. The second kappa shape index (κ2) is 4.79. The second-order valence-electron chi connectivity index (χ2n) is 2.99. The van der Waals surface area contributed by atoms with Gasteiger partial charge in [-0.25, -0.2) is 0 Å². The molecule has 2 rings (SSSR count). The number of H-pyrrole nitrogens is 1. The molecule has 0 unspecified atom stereocenters. The predicted octanol–water partition coefficient (Wildman–Crippen LogP) is 1.50.